The molecule has 4 nitrogen and oxygen atoms in total. The van der Waals surface area contributed by atoms with Crippen LogP contribution in [0.1, 0.15) is 57.2 Å². The molecule has 0 spiro atoms. The van der Waals surface area contributed by atoms with Gasteiger partial charge in [-0.25, -0.2) is 0 Å². The molecule has 1 aromatic rings. The first kappa shape index (κ1) is 17.8. The summed E-state index contributed by atoms with van der Waals surface area (Å²) in [4.78, 5) is 4.68. The van der Waals surface area contributed by atoms with Crippen LogP contribution in [0.3, 0.4) is 0 Å². The summed E-state index contributed by atoms with van der Waals surface area (Å²) >= 11 is 0. The van der Waals surface area contributed by atoms with E-state index in [0.29, 0.717) is 12.5 Å². The van der Waals surface area contributed by atoms with Crippen LogP contribution in [0.15, 0.2) is 29.3 Å². The summed E-state index contributed by atoms with van der Waals surface area (Å²) in [6, 6.07) is 8.94. The van der Waals surface area contributed by atoms with Crippen LogP contribution in [0.5, 0.6) is 0 Å². The van der Waals surface area contributed by atoms with Crippen molar-refractivity contribution in [2.45, 2.75) is 58.6 Å². The standard InChI is InChI=1S/C19H31N3O/c1-4-15-9-11-16(12-10-15)14(3)22-19(20-5-2)21-13-17-7-6-8-18(17)23/h9-12,14,17-18,23H,4-8,13H2,1-3H3,(H2,20,21,22). The molecule has 1 saturated carbocycles. The number of hydrogen-bond acceptors (Lipinski definition) is 2. The lowest BCUT2D eigenvalue weighted by Crippen LogP contribution is -2.39. The zero-order valence-corrected chi connectivity index (χ0v) is 14.7. The van der Waals surface area contributed by atoms with Gasteiger partial charge in [-0.15, -0.1) is 0 Å². The molecule has 0 heterocycles. The number of hydrogen-bond donors (Lipinski definition) is 3. The second-order valence-corrected chi connectivity index (χ2v) is 6.44. The lowest BCUT2D eigenvalue weighted by molar-refractivity contribution is 0.136. The van der Waals surface area contributed by atoms with Gasteiger partial charge in [0.05, 0.1) is 12.1 Å². The highest BCUT2D eigenvalue weighted by Crippen LogP contribution is 2.25. The van der Waals surface area contributed by atoms with E-state index in [1.165, 1.54) is 11.1 Å². The minimum atomic E-state index is -0.180. The molecule has 0 aliphatic heterocycles. The first-order valence-corrected chi connectivity index (χ1v) is 8.95. The Morgan fingerprint density at radius 3 is 2.57 bits per heavy atom. The van der Waals surface area contributed by atoms with Crippen molar-refractivity contribution in [3.05, 3.63) is 35.4 Å². The summed E-state index contributed by atoms with van der Waals surface area (Å²) in [7, 11) is 0. The molecular formula is C19H31N3O. The first-order valence-electron chi connectivity index (χ1n) is 8.95. The van der Waals surface area contributed by atoms with Gasteiger partial charge in [0, 0.05) is 19.0 Å². The highest BCUT2D eigenvalue weighted by molar-refractivity contribution is 5.80. The van der Waals surface area contributed by atoms with Crippen LogP contribution in [0.2, 0.25) is 0 Å². The van der Waals surface area contributed by atoms with Crippen LogP contribution in [0, 0.1) is 5.92 Å². The van der Waals surface area contributed by atoms with Gasteiger partial charge in [-0.3, -0.25) is 4.99 Å². The van der Waals surface area contributed by atoms with Gasteiger partial charge in [0.25, 0.3) is 0 Å². The third-order valence-electron chi connectivity index (χ3n) is 4.69. The molecule has 0 bridgehead atoms. The average Bonchev–Trinajstić information content (AvgIpc) is 2.98. The van der Waals surface area contributed by atoms with E-state index in [-0.39, 0.29) is 12.1 Å². The van der Waals surface area contributed by atoms with Crippen molar-refractivity contribution in [3.8, 4) is 0 Å². The molecule has 0 amide bonds. The van der Waals surface area contributed by atoms with Crippen LogP contribution in [0.25, 0.3) is 0 Å². The summed E-state index contributed by atoms with van der Waals surface area (Å²) in [5.74, 6) is 1.14. The van der Waals surface area contributed by atoms with E-state index in [4.69, 9.17) is 0 Å². The second kappa shape index (κ2) is 8.92. The second-order valence-electron chi connectivity index (χ2n) is 6.44. The van der Waals surface area contributed by atoms with Crippen molar-refractivity contribution in [2.75, 3.05) is 13.1 Å². The van der Waals surface area contributed by atoms with E-state index in [0.717, 1.165) is 38.2 Å². The highest BCUT2D eigenvalue weighted by Gasteiger charge is 2.24. The van der Waals surface area contributed by atoms with Gasteiger partial charge in [-0.1, -0.05) is 37.6 Å². The van der Waals surface area contributed by atoms with Crippen molar-refractivity contribution in [2.24, 2.45) is 10.9 Å². The molecule has 3 N–H and O–H groups in total. The topological polar surface area (TPSA) is 56.7 Å². The Kier molecular flexibility index (Phi) is 6.90. The summed E-state index contributed by atoms with van der Waals surface area (Å²) in [6.45, 7) is 7.92. The van der Waals surface area contributed by atoms with Gasteiger partial charge >= 0.3 is 0 Å². The molecule has 1 fully saturated rings. The van der Waals surface area contributed by atoms with Crippen molar-refractivity contribution < 1.29 is 5.11 Å². The fourth-order valence-electron chi connectivity index (χ4n) is 3.09. The third kappa shape index (κ3) is 5.24. The molecule has 0 aromatic heterocycles. The Morgan fingerprint density at radius 1 is 1.26 bits per heavy atom. The third-order valence-corrected chi connectivity index (χ3v) is 4.69. The van der Waals surface area contributed by atoms with Gasteiger partial charge in [-0.2, -0.15) is 0 Å². The van der Waals surface area contributed by atoms with Crippen LogP contribution < -0.4 is 10.6 Å². The molecule has 128 valence electrons. The number of aliphatic imine (C=N–C) groups is 1. The van der Waals surface area contributed by atoms with Gasteiger partial charge in [0.2, 0.25) is 0 Å². The van der Waals surface area contributed by atoms with E-state index in [1.54, 1.807) is 0 Å². The predicted molar refractivity (Wildman–Crippen MR) is 96.7 cm³/mol. The van der Waals surface area contributed by atoms with Crippen molar-refractivity contribution >= 4 is 5.96 Å². The normalized spacial score (nSPS) is 22.9. The zero-order valence-electron chi connectivity index (χ0n) is 14.7. The Labute approximate surface area is 140 Å². The number of nitrogens with one attached hydrogen (secondary N) is 2. The smallest absolute Gasteiger partial charge is 0.191 e. The van der Waals surface area contributed by atoms with Crippen LogP contribution in [0.4, 0.5) is 0 Å². The molecule has 3 unspecified atom stereocenters. The van der Waals surface area contributed by atoms with Crippen LogP contribution in [-0.4, -0.2) is 30.3 Å². The number of aliphatic hydroxyl groups excluding tert-OH is 1. The summed E-state index contributed by atoms with van der Waals surface area (Å²) in [5.41, 5.74) is 2.62. The maximum atomic E-state index is 9.93. The van der Waals surface area contributed by atoms with Gasteiger partial charge in [-0.05, 0) is 44.2 Å². The van der Waals surface area contributed by atoms with Gasteiger partial charge in [0.1, 0.15) is 0 Å². The predicted octanol–water partition coefficient (Wildman–Crippen LogP) is 3.03. The van der Waals surface area contributed by atoms with E-state index in [2.05, 4.69) is 60.7 Å². The summed E-state index contributed by atoms with van der Waals surface area (Å²) < 4.78 is 0. The molecule has 3 atom stereocenters. The molecule has 1 aliphatic rings. The maximum absolute atomic E-state index is 9.93. The molecule has 4 heteroatoms. The fraction of sp³-hybridized carbons (Fsp3) is 0.632. The number of aliphatic hydroxyl groups is 1. The number of nitrogens with zero attached hydrogens (tertiary/aromatic N) is 1. The average molecular weight is 317 g/mol. The maximum Gasteiger partial charge on any atom is 0.191 e. The van der Waals surface area contributed by atoms with E-state index in [1.807, 2.05) is 0 Å². The van der Waals surface area contributed by atoms with Crippen molar-refractivity contribution in [3.63, 3.8) is 0 Å². The largest absolute Gasteiger partial charge is 0.393 e. The summed E-state index contributed by atoms with van der Waals surface area (Å²) in [5, 5.41) is 16.7. The number of guanidine groups is 1. The quantitative estimate of drug-likeness (QED) is 0.558. The van der Waals surface area contributed by atoms with E-state index in [9.17, 15) is 5.11 Å². The highest BCUT2D eigenvalue weighted by atomic mass is 16.3. The zero-order chi connectivity index (χ0) is 16.7. The van der Waals surface area contributed by atoms with E-state index < -0.39 is 0 Å². The minimum Gasteiger partial charge on any atom is -0.393 e. The monoisotopic (exact) mass is 317 g/mol. The van der Waals surface area contributed by atoms with Crippen molar-refractivity contribution in [1.29, 1.82) is 0 Å². The Bertz CT molecular complexity index is 498. The van der Waals surface area contributed by atoms with Crippen molar-refractivity contribution in [1.82, 2.24) is 10.6 Å². The SMILES string of the molecule is CCNC(=NCC1CCCC1O)NC(C)c1ccc(CC)cc1. The van der Waals surface area contributed by atoms with Crippen LogP contribution in [-0.2, 0) is 6.42 Å². The molecule has 0 radical (unpaired) electrons. The molecular weight excluding hydrogens is 286 g/mol. The lowest BCUT2D eigenvalue weighted by Gasteiger charge is -2.19. The molecule has 23 heavy (non-hydrogen) atoms. The number of aryl methyl sites for hydroxylation is 1. The van der Waals surface area contributed by atoms with Gasteiger partial charge < -0.3 is 15.7 Å². The Balaban J connectivity index is 1.96. The molecule has 2 rings (SSSR count). The summed E-state index contributed by atoms with van der Waals surface area (Å²) in [6.07, 6.45) is 4.00. The van der Waals surface area contributed by atoms with Gasteiger partial charge in [0.15, 0.2) is 5.96 Å². The molecule has 1 aliphatic carbocycles. The number of benzene rings is 1. The Hall–Kier alpha value is -1.55. The molecule has 1 aromatic carbocycles. The molecule has 0 saturated heterocycles. The van der Waals surface area contributed by atoms with E-state index >= 15 is 0 Å². The fourth-order valence-corrected chi connectivity index (χ4v) is 3.09. The first-order chi connectivity index (χ1) is 11.1. The Morgan fingerprint density at radius 2 is 2.00 bits per heavy atom. The number of rotatable bonds is 6. The van der Waals surface area contributed by atoms with Crippen LogP contribution >= 0.6 is 0 Å². The lowest BCUT2D eigenvalue weighted by atomic mass is 10.1. The minimum absolute atomic E-state index is 0.180.